The number of hydrogen-bond donors (Lipinski definition) is 1. The first-order valence-electron chi connectivity index (χ1n) is 6.42. The van der Waals surface area contributed by atoms with Crippen molar-refractivity contribution in [3.8, 4) is 0 Å². The van der Waals surface area contributed by atoms with E-state index >= 15 is 0 Å². The monoisotopic (exact) mass is 265 g/mol. The molecule has 2 rings (SSSR count). The number of carbonyl (C=O) groups is 1. The third-order valence-electron chi connectivity index (χ3n) is 3.74. The molecule has 104 valence electrons. The van der Waals surface area contributed by atoms with Gasteiger partial charge in [-0.1, -0.05) is 0 Å². The Bertz CT molecular complexity index is 427. The van der Waals surface area contributed by atoms with E-state index in [0.29, 0.717) is 18.0 Å². The van der Waals surface area contributed by atoms with Gasteiger partial charge >= 0.3 is 5.97 Å². The van der Waals surface area contributed by atoms with Crippen molar-refractivity contribution in [3.05, 3.63) is 18.1 Å². The maximum absolute atomic E-state index is 10.7. The molecule has 1 fully saturated rings. The lowest BCUT2D eigenvalue weighted by Crippen LogP contribution is -2.37. The largest absolute Gasteiger partial charge is 0.476 e. The van der Waals surface area contributed by atoms with Gasteiger partial charge in [-0.3, -0.25) is 0 Å². The molecular formula is C13H19N3O3. The lowest BCUT2D eigenvalue weighted by molar-refractivity contribution is 0.0658. The van der Waals surface area contributed by atoms with Gasteiger partial charge in [0.25, 0.3) is 0 Å². The maximum Gasteiger partial charge on any atom is 0.356 e. The van der Waals surface area contributed by atoms with Crippen molar-refractivity contribution in [2.45, 2.75) is 37.8 Å². The van der Waals surface area contributed by atoms with Crippen LogP contribution in [0.4, 0.5) is 5.82 Å². The molecule has 1 aromatic heterocycles. The van der Waals surface area contributed by atoms with Gasteiger partial charge in [-0.05, 0) is 25.7 Å². The lowest BCUT2D eigenvalue weighted by Gasteiger charge is -2.34. The minimum atomic E-state index is -1.05. The van der Waals surface area contributed by atoms with Crippen molar-refractivity contribution in [2.24, 2.45) is 0 Å². The predicted octanol–water partition coefficient (Wildman–Crippen LogP) is 1.57. The molecule has 0 aliphatic heterocycles. The Balaban J connectivity index is 1.99. The van der Waals surface area contributed by atoms with Crippen LogP contribution in [0.5, 0.6) is 0 Å². The van der Waals surface area contributed by atoms with Gasteiger partial charge in [0.05, 0.1) is 18.5 Å². The summed E-state index contributed by atoms with van der Waals surface area (Å²) in [6.45, 7) is 0. The molecular weight excluding hydrogens is 246 g/mol. The quantitative estimate of drug-likeness (QED) is 0.890. The fraction of sp³-hybridized carbons (Fsp3) is 0.615. The Labute approximate surface area is 112 Å². The molecule has 0 saturated heterocycles. The lowest BCUT2D eigenvalue weighted by atomic mass is 9.92. The average Bonchev–Trinajstić information content (AvgIpc) is 2.46. The summed E-state index contributed by atoms with van der Waals surface area (Å²) in [4.78, 5) is 20.9. The van der Waals surface area contributed by atoms with E-state index in [4.69, 9.17) is 9.84 Å². The third kappa shape index (κ3) is 3.20. The molecule has 0 bridgehead atoms. The van der Waals surface area contributed by atoms with Gasteiger partial charge in [0, 0.05) is 20.2 Å². The number of aromatic nitrogens is 2. The van der Waals surface area contributed by atoms with Gasteiger partial charge in [-0.25, -0.2) is 14.8 Å². The molecule has 0 radical (unpaired) electrons. The number of aromatic carboxylic acids is 1. The molecule has 1 aliphatic carbocycles. The van der Waals surface area contributed by atoms with Crippen molar-refractivity contribution in [1.29, 1.82) is 0 Å². The highest BCUT2D eigenvalue weighted by Crippen LogP contribution is 2.26. The average molecular weight is 265 g/mol. The molecule has 1 heterocycles. The SMILES string of the molecule is COC1CCC(N(C)c2cnc(C(=O)O)cn2)CC1. The molecule has 19 heavy (non-hydrogen) atoms. The molecule has 6 heteroatoms. The molecule has 0 unspecified atom stereocenters. The van der Waals surface area contributed by atoms with Crippen molar-refractivity contribution in [2.75, 3.05) is 19.1 Å². The Morgan fingerprint density at radius 2 is 2.00 bits per heavy atom. The van der Waals surface area contributed by atoms with Crippen LogP contribution in [0, 0.1) is 0 Å². The van der Waals surface area contributed by atoms with Crippen LogP contribution in [-0.4, -0.2) is 47.3 Å². The number of carboxylic acids is 1. The second kappa shape index (κ2) is 5.97. The fourth-order valence-corrected chi connectivity index (χ4v) is 2.47. The first kappa shape index (κ1) is 13.7. The van der Waals surface area contributed by atoms with Gasteiger partial charge in [0.15, 0.2) is 5.69 Å². The van der Waals surface area contributed by atoms with E-state index in [1.807, 2.05) is 7.05 Å². The zero-order chi connectivity index (χ0) is 13.8. The van der Waals surface area contributed by atoms with Gasteiger partial charge < -0.3 is 14.7 Å². The number of carboxylic acid groups (broad SMARTS) is 1. The summed E-state index contributed by atoms with van der Waals surface area (Å²) < 4.78 is 5.36. The first-order valence-corrected chi connectivity index (χ1v) is 6.42. The van der Waals surface area contributed by atoms with Crippen molar-refractivity contribution < 1.29 is 14.6 Å². The molecule has 1 aromatic rings. The van der Waals surface area contributed by atoms with E-state index in [1.54, 1.807) is 7.11 Å². The van der Waals surface area contributed by atoms with E-state index in [9.17, 15) is 4.79 Å². The summed E-state index contributed by atoms with van der Waals surface area (Å²) in [7, 11) is 3.73. The van der Waals surface area contributed by atoms with Crippen molar-refractivity contribution >= 4 is 11.8 Å². The van der Waals surface area contributed by atoms with Crippen LogP contribution in [0.3, 0.4) is 0 Å². The molecule has 1 N–H and O–H groups in total. The summed E-state index contributed by atoms with van der Waals surface area (Å²) in [6, 6.07) is 0.413. The van der Waals surface area contributed by atoms with Gasteiger partial charge in [-0.2, -0.15) is 0 Å². The molecule has 0 aromatic carbocycles. The van der Waals surface area contributed by atoms with Crippen LogP contribution in [-0.2, 0) is 4.74 Å². The standard InChI is InChI=1S/C13H19N3O3/c1-16(9-3-5-10(19-2)6-4-9)12-8-14-11(7-15-12)13(17)18/h7-10H,3-6H2,1-2H3,(H,17,18). The van der Waals surface area contributed by atoms with E-state index in [2.05, 4.69) is 14.9 Å². The van der Waals surface area contributed by atoms with Crippen LogP contribution in [0.15, 0.2) is 12.4 Å². The molecule has 6 nitrogen and oxygen atoms in total. The number of nitrogens with zero attached hydrogens (tertiary/aromatic N) is 3. The summed E-state index contributed by atoms with van der Waals surface area (Å²) in [6.07, 6.45) is 7.39. The van der Waals surface area contributed by atoms with Crippen LogP contribution in [0.2, 0.25) is 0 Å². The van der Waals surface area contributed by atoms with Gasteiger partial charge in [-0.15, -0.1) is 0 Å². The van der Waals surface area contributed by atoms with E-state index in [0.717, 1.165) is 25.7 Å². The summed E-state index contributed by atoms with van der Waals surface area (Å²) in [5, 5.41) is 8.79. The minimum absolute atomic E-state index is 0.0276. The Hall–Kier alpha value is -1.69. The summed E-state index contributed by atoms with van der Waals surface area (Å²) in [5.41, 5.74) is -0.0276. The van der Waals surface area contributed by atoms with E-state index in [-0.39, 0.29) is 5.69 Å². The van der Waals surface area contributed by atoms with Crippen LogP contribution >= 0.6 is 0 Å². The Morgan fingerprint density at radius 1 is 1.32 bits per heavy atom. The maximum atomic E-state index is 10.7. The smallest absolute Gasteiger partial charge is 0.356 e. The summed E-state index contributed by atoms with van der Waals surface area (Å²) in [5.74, 6) is -0.340. The second-order valence-electron chi connectivity index (χ2n) is 4.84. The van der Waals surface area contributed by atoms with Crippen LogP contribution in [0.1, 0.15) is 36.2 Å². The number of rotatable bonds is 4. The Morgan fingerprint density at radius 3 is 2.47 bits per heavy atom. The van der Waals surface area contributed by atoms with E-state index < -0.39 is 5.97 Å². The molecule has 0 atom stereocenters. The minimum Gasteiger partial charge on any atom is -0.476 e. The third-order valence-corrected chi connectivity index (χ3v) is 3.74. The fourth-order valence-electron chi connectivity index (χ4n) is 2.47. The highest BCUT2D eigenvalue weighted by Gasteiger charge is 2.24. The number of ether oxygens (including phenoxy) is 1. The van der Waals surface area contributed by atoms with Crippen molar-refractivity contribution in [3.63, 3.8) is 0 Å². The molecule has 1 saturated carbocycles. The Kier molecular flexibility index (Phi) is 4.31. The number of anilines is 1. The predicted molar refractivity (Wildman–Crippen MR) is 70.4 cm³/mol. The zero-order valence-electron chi connectivity index (χ0n) is 11.2. The molecule has 1 aliphatic rings. The molecule has 0 spiro atoms. The second-order valence-corrected chi connectivity index (χ2v) is 4.84. The summed E-state index contributed by atoms with van der Waals surface area (Å²) >= 11 is 0. The van der Waals surface area contributed by atoms with Crippen molar-refractivity contribution in [1.82, 2.24) is 9.97 Å². The number of hydrogen-bond acceptors (Lipinski definition) is 5. The van der Waals surface area contributed by atoms with E-state index in [1.165, 1.54) is 12.4 Å². The zero-order valence-corrected chi connectivity index (χ0v) is 11.2. The highest BCUT2D eigenvalue weighted by molar-refractivity contribution is 5.84. The highest BCUT2D eigenvalue weighted by atomic mass is 16.5. The van der Waals surface area contributed by atoms with Gasteiger partial charge in [0.1, 0.15) is 5.82 Å². The van der Waals surface area contributed by atoms with Gasteiger partial charge in [0.2, 0.25) is 0 Å². The normalized spacial score (nSPS) is 23.1. The topological polar surface area (TPSA) is 75.5 Å². The number of methoxy groups -OCH3 is 1. The van der Waals surface area contributed by atoms with Crippen LogP contribution < -0.4 is 4.90 Å². The van der Waals surface area contributed by atoms with Crippen LogP contribution in [0.25, 0.3) is 0 Å². The first-order chi connectivity index (χ1) is 9.11. The molecule has 0 amide bonds.